The molecule has 1 amide bonds. The van der Waals surface area contributed by atoms with Gasteiger partial charge < -0.3 is 19.7 Å². The average Bonchev–Trinajstić information content (AvgIpc) is 3.59. The van der Waals surface area contributed by atoms with Crippen LogP contribution in [0.25, 0.3) is 16.7 Å². The minimum atomic E-state index is -0.168. The van der Waals surface area contributed by atoms with Gasteiger partial charge in [0, 0.05) is 36.6 Å². The zero-order valence-corrected chi connectivity index (χ0v) is 21.3. The zero-order valence-electron chi connectivity index (χ0n) is 21.3. The fourth-order valence-electron chi connectivity index (χ4n) is 4.49. The number of hydrogen-bond donors (Lipinski definition) is 1. The van der Waals surface area contributed by atoms with Crippen LogP contribution in [0.15, 0.2) is 73.2 Å². The molecular formula is C29H33N5O3. The standard InChI is InChI=1S/C29H33N5O3/c1-21(22(2)37-28-7-3-4-14-30-28)36-25-11-9-24(10-12-25)34-20-32-26-19-23(8-13-27(26)34)29(35)31-15-18-33-16-5-6-17-33/h3-4,7-14,19-22H,5-6,15-18H2,1-2H3,(H,31,35). The summed E-state index contributed by atoms with van der Waals surface area (Å²) in [5, 5.41) is 3.03. The first kappa shape index (κ1) is 24.8. The number of nitrogens with zero attached hydrogens (tertiary/aromatic N) is 4. The molecule has 8 heteroatoms. The Hall–Kier alpha value is -3.91. The van der Waals surface area contributed by atoms with Gasteiger partial charge in [-0.2, -0.15) is 0 Å². The maximum atomic E-state index is 12.6. The minimum Gasteiger partial charge on any atom is -0.487 e. The number of carbonyl (C=O) groups excluding carboxylic acids is 1. The number of pyridine rings is 1. The van der Waals surface area contributed by atoms with Crippen LogP contribution in [0.5, 0.6) is 11.6 Å². The lowest BCUT2D eigenvalue weighted by Crippen LogP contribution is -2.33. The van der Waals surface area contributed by atoms with Gasteiger partial charge in [0.1, 0.15) is 24.3 Å². The van der Waals surface area contributed by atoms with Crippen LogP contribution < -0.4 is 14.8 Å². The molecule has 2 aromatic carbocycles. The summed E-state index contributed by atoms with van der Waals surface area (Å²) in [5.41, 5.74) is 3.30. The molecule has 4 aromatic rings. The number of ether oxygens (including phenoxy) is 2. The number of likely N-dealkylation sites (tertiary alicyclic amines) is 1. The topological polar surface area (TPSA) is 81.5 Å². The van der Waals surface area contributed by atoms with E-state index in [0.29, 0.717) is 18.0 Å². The van der Waals surface area contributed by atoms with E-state index in [1.165, 1.54) is 12.8 Å². The fraction of sp³-hybridized carbons (Fsp3) is 0.345. The van der Waals surface area contributed by atoms with E-state index >= 15 is 0 Å². The van der Waals surface area contributed by atoms with Crippen molar-refractivity contribution in [1.82, 2.24) is 24.8 Å². The fourth-order valence-corrected chi connectivity index (χ4v) is 4.49. The summed E-state index contributed by atoms with van der Waals surface area (Å²) >= 11 is 0. The monoisotopic (exact) mass is 499 g/mol. The van der Waals surface area contributed by atoms with Gasteiger partial charge in [0.15, 0.2) is 0 Å². The zero-order chi connectivity index (χ0) is 25.6. The Morgan fingerprint density at radius 2 is 1.76 bits per heavy atom. The molecule has 1 N–H and O–H groups in total. The average molecular weight is 500 g/mol. The molecule has 1 aliphatic rings. The van der Waals surface area contributed by atoms with Crippen LogP contribution in [-0.4, -0.2) is 63.7 Å². The van der Waals surface area contributed by atoms with E-state index in [0.717, 1.165) is 42.1 Å². The predicted molar refractivity (Wildman–Crippen MR) is 143 cm³/mol. The molecule has 1 fully saturated rings. The SMILES string of the molecule is CC(Oc1ccc(-n2cnc3cc(C(=O)NCCN4CCCC4)ccc32)cc1)C(C)Oc1ccccn1. The number of hydrogen-bond acceptors (Lipinski definition) is 6. The molecule has 192 valence electrons. The summed E-state index contributed by atoms with van der Waals surface area (Å²) in [4.78, 5) is 23.8. The Bertz CT molecular complexity index is 1320. The predicted octanol–water partition coefficient (Wildman–Crippen LogP) is 4.48. The molecule has 1 saturated heterocycles. The number of amides is 1. The van der Waals surface area contributed by atoms with Crippen LogP contribution in [0, 0.1) is 0 Å². The molecular weight excluding hydrogens is 466 g/mol. The largest absolute Gasteiger partial charge is 0.487 e. The van der Waals surface area contributed by atoms with Crippen LogP contribution in [-0.2, 0) is 0 Å². The van der Waals surface area contributed by atoms with Crippen LogP contribution in [0.2, 0.25) is 0 Å². The van der Waals surface area contributed by atoms with Crippen LogP contribution in [0.4, 0.5) is 0 Å². The summed E-state index contributed by atoms with van der Waals surface area (Å²) in [6.07, 6.45) is 5.66. The third-order valence-electron chi connectivity index (χ3n) is 6.76. The van der Waals surface area contributed by atoms with E-state index in [1.807, 2.05) is 79.1 Å². The molecule has 3 heterocycles. The first-order chi connectivity index (χ1) is 18.1. The highest BCUT2D eigenvalue weighted by atomic mass is 16.5. The molecule has 0 radical (unpaired) electrons. The second-order valence-corrected chi connectivity index (χ2v) is 9.43. The van der Waals surface area contributed by atoms with Gasteiger partial charge in [0.2, 0.25) is 5.88 Å². The van der Waals surface area contributed by atoms with E-state index in [4.69, 9.17) is 9.47 Å². The van der Waals surface area contributed by atoms with Gasteiger partial charge in [-0.1, -0.05) is 6.07 Å². The second-order valence-electron chi connectivity index (χ2n) is 9.43. The van der Waals surface area contributed by atoms with Crippen molar-refractivity contribution in [2.24, 2.45) is 0 Å². The van der Waals surface area contributed by atoms with Crippen molar-refractivity contribution >= 4 is 16.9 Å². The molecule has 2 unspecified atom stereocenters. The number of nitrogens with one attached hydrogen (secondary N) is 1. The number of carbonyl (C=O) groups is 1. The van der Waals surface area contributed by atoms with Crippen LogP contribution >= 0.6 is 0 Å². The lowest BCUT2D eigenvalue weighted by molar-refractivity contribution is 0.0746. The number of benzene rings is 2. The van der Waals surface area contributed by atoms with E-state index in [9.17, 15) is 4.79 Å². The van der Waals surface area contributed by atoms with Gasteiger partial charge in [-0.15, -0.1) is 0 Å². The Balaban J connectivity index is 1.20. The highest BCUT2D eigenvalue weighted by molar-refractivity contribution is 5.97. The molecule has 1 aliphatic heterocycles. The highest BCUT2D eigenvalue weighted by Gasteiger charge is 2.17. The molecule has 0 saturated carbocycles. The van der Waals surface area contributed by atoms with Gasteiger partial charge >= 0.3 is 0 Å². The van der Waals surface area contributed by atoms with Crippen molar-refractivity contribution in [2.75, 3.05) is 26.2 Å². The molecule has 0 aliphatic carbocycles. The first-order valence-electron chi connectivity index (χ1n) is 12.9. The van der Waals surface area contributed by atoms with E-state index in [2.05, 4.69) is 20.2 Å². The van der Waals surface area contributed by atoms with Gasteiger partial charge in [0.05, 0.1) is 11.0 Å². The summed E-state index contributed by atoms with van der Waals surface area (Å²) in [6.45, 7) is 7.76. The van der Waals surface area contributed by atoms with Crippen molar-refractivity contribution < 1.29 is 14.3 Å². The summed E-state index contributed by atoms with van der Waals surface area (Å²) in [5.74, 6) is 1.27. The maximum absolute atomic E-state index is 12.6. The van der Waals surface area contributed by atoms with Gasteiger partial charge in [-0.05, 0) is 88.3 Å². The van der Waals surface area contributed by atoms with Gasteiger partial charge in [-0.3, -0.25) is 9.36 Å². The van der Waals surface area contributed by atoms with E-state index in [-0.39, 0.29) is 18.1 Å². The number of aromatic nitrogens is 3. The van der Waals surface area contributed by atoms with Crippen molar-refractivity contribution in [2.45, 2.75) is 38.9 Å². The maximum Gasteiger partial charge on any atom is 0.251 e. The van der Waals surface area contributed by atoms with Gasteiger partial charge in [-0.25, -0.2) is 9.97 Å². The molecule has 2 aromatic heterocycles. The smallest absolute Gasteiger partial charge is 0.251 e. The summed E-state index contributed by atoms with van der Waals surface area (Å²) in [6, 6.07) is 19.1. The molecule has 37 heavy (non-hydrogen) atoms. The first-order valence-corrected chi connectivity index (χ1v) is 12.9. The normalized spacial score (nSPS) is 15.4. The van der Waals surface area contributed by atoms with Crippen molar-refractivity contribution in [3.63, 3.8) is 0 Å². The lowest BCUT2D eigenvalue weighted by Gasteiger charge is -2.22. The second kappa shape index (κ2) is 11.4. The number of imidazole rings is 1. The Morgan fingerprint density at radius 3 is 2.51 bits per heavy atom. The van der Waals surface area contributed by atoms with Crippen molar-refractivity contribution in [3.05, 3.63) is 78.8 Å². The Morgan fingerprint density at radius 1 is 0.973 bits per heavy atom. The van der Waals surface area contributed by atoms with Crippen LogP contribution in [0.1, 0.15) is 37.0 Å². The van der Waals surface area contributed by atoms with Crippen molar-refractivity contribution in [1.29, 1.82) is 0 Å². The number of fused-ring (bicyclic) bond motifs is 1. The van der Waals surface area contributed by atoms with E-state index < -0.39 is 0 Å². The highest BCUT2D eigenvalue weighted by Crippen LogP contribution is 2.23. The van der Waals surface area contributed by atoms with Crippen LogP contribution in [0.3, 0.4) is 0 Å². The third kappa shape index (κ3) is 6.09. The summed E-state index contributed by atoms with van der Waals surface area (Å²) in [7, 11) is 0. The molecule has 5 rings (SSSR count). The molecule has 2 atom stereocenters. The van der Waals surface area contributed by atoms with E-state index in [1.54, 1.807) is 12.5 Å². The lowest BCUT2D eigenvalue weighted by atomic mass is 10.2. The summed E-state index contributed by atoms with van der Waals surface area (Å²) < 4.78 is 14.0. The van der Waals surface area contributed by atoms with Gasteiger partial charge in [0.25, 0.3) is 5.91 Å². The minimum absolute atomic E-state index is 0.0625. The molecule has 0 spiro atoms. The Labute approximate surface area is 217 Å². The van der Waals surface area contributed by atoms with Crippen molar-refractivity contribution in [3.8, 4) is 17.3 Å². The Kier molecular flexibility index (Phi) is 7.65. The quantitative estimate of drug-likeness (QED) is 0.347. The molecule has 0 bridgehead atoms. The third-order valence-corrected chi connectivity index (χ3v) is 6.76. The molecule has 8 nitrogen and oxygen atoms in total. The number of rotatable bonds is 10.